The molecule has 1 atom stereocenters. The van der Waals surface area contributed by atoms with E-state index in [9.17, 15) is 9.59 Å². The van der Waals surface area contributed by atoms with Crippen LogP contribution in [0, 0.1) is 0 Å². The summed E-state index contributed by atoms with van der Waals surface area (Å²) in [5.74, 6) is -0.102. The van der Waals surface area contributed by atoms with Crippen LogP contribution in [0.5, 0.6) is 0 Å². The van der Waals surface area contributed by atoms with Gasteiger partial charge in [-0.15, -0.1) is 12.4 Å². The molecule has 0 aromatic heterocycles. The van der Waals surface area contributed by atoms with Crippen molar-refractivity contribution in [2.45, 2.75) is 18.9 Å². The van der Waals surface area contributed by atoms with E-state index < -0.39 is 0 Å². The number of ether oxygens (including phenoxy) is 1. The topological polar surface area (TPSA) is 79.5 Å². The van der Waals surface area contributed by atoms with Gasteiger partial charge in [-0.1, -0.05) is 6.07 Å². The van der Waals surface area contributed by atoms with Gasteiger partial charge >= 0.3 is 0 Å². The van der Waals surface area contributed by atoms with Gasteiger partial charge in [0.05, 0.1) is 13.2 Å². The molecule has 1 fully saturated rings. The Morgan fingerprint density at radius 3 is 2.95 bits per heavy atom. The number of benzene rings is 1. The van der Waals surface area contributed by atoms with Crippen LogP contribution < -0.4 is 16.0 Å². The third-order valence-electron chi connectivity index (χ3n) is 3.51. The highest BCUT2D eigenvalue weighted by atomic mass is 35.5. The van der Waals surface area contributed by atoms with Crippen LogP contribution in [-0.2, 0) is 20.7 Å². The quantitative estimate of drug-likeness (QED) is 0.759. The van der Waals surface area contributed by atoms with Crippen molar-refractivity contribution in [3.63, 3.8) is 0 Å². The van der Waals surface area contributed by atoms with E-state index in [2.05, 4.69) is 16.0 Å². The number of hydrogen-bond donors (Lipinski definition) is 3. The molecule has 21 heavy (non-hydrogen) atoms. The standard InChI is InChI=1S/C14H17N3O3.ClH/c18-13-4-2-9-1-3-10(7-11(9)17-13)16-14(19)12-8-20-6-5-15-12;/h1,3,7,12,15H,2,4-6,8H2,(H,16,19)(H,17,18);1H. The maximum absolute atomic E-state index is 12.1. The van der Waals surface area contributed by atoms with E-state index >= 15 is 0 Å². The van der Waals surface area contributed by atoms with Crippen LogP contribution in [0.15, 0.2) is 18.2 Å². The van der Waals surface area contributed by atoms with Gasteiger partial charge in [0, 0.05) is 24.3 Å². The van der Waals surface area contributed by atoms with E-state index in [4.69, 9.17) is 4.74 Å². The number of halogens is 1. The largest absolute Gasteiger partial charge is 0.378 e. The zero-order chi connectivity index (χ0) is 13.9. The van der Waals surface area contributed by atoms with Crippen LogP contribution >= 0.6 is 12.4 Å². The lowest BCUT2D eigenvalue weighted by Crippen LogP contribution is -2.48. The van der Waals surface area contributed by atoms with Gasteiger partial charge in [0.25, 0.3) is 0 Å². The number of amides is 2. The molecule has 0 bridgehead atoms. The van der Waals surface area contributed by atoms with E-state index in [-0.39, 0.29) is 30.3 Å². The van der Waals surface area contributed by atoms with E-state index in [0.29, 0.717) is 31.9 Å². The van der Waals surface area contributed by atoms with Gasteiger partial charge in [0.2, 0.25) is 11.8 Å². The van der Waals surface area contributed by atoms with E-state index in [0.717, 1.165) is 17.7 Å². The molecule has 0 radical (unpaired) electrons. The van der Waals surface area contributed by atoms with Crippen molar-refractivity contribution in [3.05, 3.63) is 23.8 Å². The summed E-state index contributed by atoms with van der Waals surface area (Å²) < 4.78 is 5.27. The summed E-state index contributed by atoms with van der Waals surface area (Å²) in [5.41, 5.74) is 2.57. The highest BCUT2D eigenvalue weighted by Gasteiger charge is 2.22. The summed E-state index contributed by atoms with van der Waals surface area (Å²) in [6, 6.07) is 5.27. The first-order chi connectivity index (χ1) is 9.72. The molecule has 6 nitrogen and oxygen atoms in total. The van der Waals surface area contributed by atoms with Crippen molar-refractivity contribution in [2.75, 3.05) is 30.4 Å². The van der Waals surface area contributed by atoms with Crippen molar-refractivity contribution < 1.29 is 14.3 Å². The predicted octanol–water partition coefficient (Wildman–Crippen LogP) is 0.920. The zero-order valence-corrected chi connectivity index (χ0v) is 12.3. The Morgan fingerprint density at radius 2 is 2.19 bits per heavy atom. The Kier molecular flexibility index (Phi) is 5.17. The Morgan fingerprint density at radius 1 is 1.33 bits per heavy atom. The van der Waals surface area contributed by atoms with E-state index in [1.165, 1.54) is 0 Å². The number of rotatable bonds is 2. The Hall–Kier alpha value is -1.63. The van der Waals surface area contributed by atoms with Crippen LogP contribution in [0.1, 0.15) is 12.0 Å². The Bertz CT molecular complexity index is 544. The molecule has 2 aliphatic heterocycles. The molecule has 114 valence electrons. The lowest BCUT2D eigenvalue weighted by molar-refractivity contribution is -0.120. The first kappa shape index (κ1) is 15.8. The molecule has 0 spiro atoms. The van der Waals surface area contributed by atoms with Crippen molar-refractivity contribution in [3.8, 4) is 0 Å². The third kappa shape index (κ3) is 3.72. The molecule has 2 heterocycles. The minimum atomic E-state index is -0.325. The molecule has 1 unspecified atom stereocenters. The highest BCUT2D eigenvalue weighted by Crippen LogP contribution is 2.25. The van der Waals surface area contributed by atoms with Crippen molar-refractivity contribution >= 4 is 35.6 Å². The second kappa shape index (κ2) is 6.89. The molecule has 7 heteroatoms. The molecule has 1 aromatic carbocycles. The highest BCUT2D eigenvalue weighted by molar-refractivity contribution is 5.98. The second-order valence-corrected chi connectivity index (χ2v) is 4.99. The average molecular weight is 312 g/mol. The smallest absolute Gasteiger partial charge is 0.243 e. The van der Waals surface area contributed by atoms with Crippen LogP contribution in [-0.4, -0.2) is 37.6 Å². The molecule has 1 saturated heterocycles. The van der Waals surface area contributed by atoms with Gasteiger partial charge in [-0.05, 0) is 24.1 Å². The lowest BCUT2D eigenvalue weighted by atomic mass is 10.0. The van der Waals surface area contributed by atoms with Gasteiger partial charge in [0.1, 0.15) is 6.04 Å². The molecule has 2 aliphatic rings. The van der Waals surface area contributed by atoms with Crippen LogP contribution in [0.25, 0.3) is 0 Å². The summed E-state index contributed by atoms with van der Waals surface area (Å²) in [4.78, 5) is 23.4. The number of nitrogens with one attached hydrogen (secondary N) is 3. The van der Waals surface area contributed by atoms with Crippen LogP contribution in [0.2, 0.25) is 0 Å². The summed E-state index contributed by atoms with van der Waals surface area (Å²) in [5, 5.41) is 8.77. The fraction of sp³-hybridized carbons (Fsp3) is 0.429. The number of carbonyl (C=O) groups excluding carboxylic acids is 2. The molecule has 3 N–H and O–H groups in total. The molecule has 3 rings (SSSR count). The van der Waals surface area contributed by atoms with Crippen molar-refractivity contribution in [1.82, 2.24) is 5.32 Å². The number of anilines is 2. The third-order valence-corrected chi connectivity index (χ3v) is 3.51. The van der Waals surface area contributed by atoms with Gasteiger partial charge in [-0.3, -0.25) is 9.59 Å². The summed E-state index contributed by atoms with van der Waals surface area (Å²) in [6.45, 7) is 1.69. The molecule has 1 aromatic rings. The maximum Gasteiger partial charge on any atom is 0.243 e. The fourth-order valence-electron chi connectivity index (χ4n) is 2.41. The lowest BCUT2D eigenvalue weighted by Gasteiger charge is -2.23. The SMILES string of the molecule is Cl.O=C1CCc2ccc(NC(=O)C3COCCN3)cc2N1. The molecular weight excluding hydrogens is 294 g/mol. The predicted molar refractivity (Wildman–Crippen MR) is 81.9 cm³/mol. The van der Waals surface area contributed by atoms with Gasteiger partial charge in [-0.25, -0.2) is 0 Å². The van der Waals surface area contributed by atoms with Gasteiger partial charge in [0.15, 0.2) is 0 Å². The van der Waals surface area contributed by atoms with Crippen molar-refractivity contribution in [1.29, 1.82) is 0 Å². The van der Waals surface area contributed by atoms with Crippen LogP contribution in [0.4, 0.5) is 11.4 Å². The number of carbonyl (C=O) groups is 2. The number of hydrogen-bond acceptors (Lipinski definition) is 4. The van der Waals surface area contributed by atoms with Crippen LogP contribution in [0.3, 0.4) is 0 Å². The van der Waals surface area contributed by atoms with Gasteiger partial charge in [-0.2, -0.15) is 0 Å². The van der Waals surface area contributed by atoms with E-state index in [1.54, 1.807) is 6.07 Å². The normalized spacial score (nSPS) is 20.8. The number of fused-ring (bicyclic) bond motifs is 1. The first-order valence-electron chi connectivity index (χ1n) is 6.77. The molecule has 2 amide bonds. The zero-order valence-electron chi connectivity index (χ0n) is 11.5. The second-order valence-electron chi connectivity index (χ2n) is 4.99. The average Bonchev–Trinajstić information content (AvgIpc) is 2.47. The van der Waals surface area contributed by atoms with E-state index in [1.807, 2.05) is 12.1 Å². The Labute approximate surface area is 129 Å². The summed E-state index contributed by atoms with van der Waals surface area (Å²) in [6.07, 6.45) is 1.26. The minimum Gasteiger partial charge on any atom is -0.378 e. The summed E-state index contributed by atoms with van der Waals surface area (Å²) >= 11 is 0. The number of morpholine rings is 1. The molecular formula is C14H18ClN3O3. The fourth-order valence-corrected chi connectivity index (χ4v) is 2.41. The monoisotopic (exact) mass is 311 g/mol. The van der Waals surface area contributed by atoms with Gasteiger partial charge < -0.3 is 20.7 Å². The summed E-state index contributed by atoms with van der Waals surface area (Å²) in [7, 11) is 0. The molecule has 0 aliphatic carbocycles. The Balaban J connectivity index is 0.00000161. The number of aryl methyl sites for hydroxylation is 1. The minimum absolute atomic E-state index is 0. The van der Waals surface area contributed by atoms with Crippen molar-refractivity contribution in [2.24, 2.45) is 0 Å². The molecule has 0 saturated carbocycles. The first-order valence-corrected chi connectivity index (χ1v) is 6.77. The maximum atomic E-state index is 12.1.